The third-order valence-corrected chi connectivity index (χ3v) is 6.06. The lowest BCUT2D eigenvalue weighted by molar-refractivity contribution is -0.274. The molecule has 0 aliphatic rings. The van der Waals surface area contributed by atoms with Gasteiger partial charge in [0.1, 0.15) is 11.5 Å². The van der Waals surface area contributed by atoms with E-state index in [2.05, 4.69) is 10.1 Å². The van der Waals surface area contributed by atoms with Gasteiger partial charge in [0.2, 0.25) is 5.91 Å². The molecule has 0 unspecified atom stereocenters. The standard InChI is InChI=1S/C28H32F3NO6/c1-17(2)23(16-21(33)14-20-9-11-22(12-10-20)38-28(29,30)31)26(35)32-24(15-19-7-5-4-6-8-19)25(34)13-18(3)27(36)37/h4-12,17-18,23-24H,13-16H2,1-3H3,(H,32,35)(H,36,37)/t18-,23+,24+/m1/s1. The molecule has 3 atom stereocenters. The van der Waals surface area contributed by atoms with Crippen molar-refractivity contribution in [1.82, 2.24) is 5.32 Å². The Kier molecular flexibility index (Phi) is 11.0. The van der Waals surface area contributed by atoms with Gasteiger partial charge in [-0.1, -0.05) is 63.2 Å². The predicted molar refractivity (Wildman–Crippen MR) is 133 cm³/mol. The van der Waals surface area contributed by atoms with Crippen LogP contribution in [0.1, 0.15) is 44.7 Å². The minimum Gasteiger partial charge on any atom is -0.481 e. The van der Waals surface area contributed by atoms with Gasteiger partial charge in [0.25, 0.3) is 0 Å². The van der Waals surface area contributed by atoms with Crippen LogP contribution in [0.3, 0.4) is 0 Å². The molecule has 0 aliphatic carbocycles. The molecule has 0 heterocycles. The predicted octanol–water partition coefficient (Wildman–Crippen LogP) is 4.77. The van der Waals surface area contributed by atoms with Crippen molar-refractivity contribution in [2.24, 2.45) is 17.8 Å². The van der Waals surface area contributed by atoms with Crippen molar-refractivity contribution >= 4 is 23.4 Å². The Morgan fingerprint density at radius 3 is 2.03 bits per heavy atom. The summed E-state index contributed by atoms with van der Waals surface area (Å²) >= 11 is 0. The molecular weight excluding hydrogens is 503 g/mol. The molecule has 1 amide bonds. The highest BCUT2D eigenvalue weighted by Gasteiger charge is 2.32. The van der Waals surface area contributed by atoms with Crippen LogP contribution in [0.25, 0.3) is 0 Å². The molecule has 2 aromatic rings. The zero-order valence-electron chi connectivity index (χ0n) is 21.5. The second-order valence-corrected chi connectivity index (χ2v) is 9.62. The summed E-state index contributed by atoms with van der Waals surface area (Å²) in [6.45, 7) is 4.95. The molecule has 0 fully saturated rings. The first-order chi connectivity index (χ1) is 17.7. The number of rotatable bonds is 14. The Balaban J connectivity index is 2.10. The molecule has 2 rings (SSSR count). The van der Waals surface area contributed by atoms with Gasteiger partial charge in [0, 0.05) is 25.2 Å². The molecule has 206 valence electrons. The minimum atomic E-state index is -4.82. The van der Waals surface area contributed by atoms with Crippen LogP contribution in [0.4, 0.5) is 13.2 Å². The average molecular weight is 536 g/mol. The van der Waals surface area contributed by atoms with Crippen molar-refractivity contribution in [2.75, 3.05) is 0 Å². The van der Waals surface area contributed by atoms with E-state index in [1.165, 1.54) is 19.1 Å². The van der Waals surface area contributed by atoms with Gasteiger partial charge in [-0.3, -0.25) is 19.2 Å². The summed E-state index contributed by atoms with van der Waals surface area (Å²) in [5.74, 6) is -4.69. The van der Waals surface area contributed by atoms with Crippen molar-refractivity contribution in [1.29, 1.82) is 0 Å². The van der Waals surface area contributed by atoms with Gasteiger partial charge < -0.3 is 15.2 Å². The number of ketones is 2. The highest BCUT2D eigenvalue weighted by molar-refractivity contribution is 5.93. The Labute approximate surface area is 219 Å². The smallest absolute Gasteiger partial charge is 0.481 e. The van der Waals surface area contributed by atoms with Crippen LogP contribution in [0.15, 0.2) is 54.6 Å². The first-order valence-corrected chi connectivity index (χ1v) is 12.2. The van der Waals surface area contributed by atoms with Gasteiger partial charge in [-0.05, 0) is 35.6 Å². The molecule has 7 nitrogen and oxygen atoms in total. The molecule has 38 heavy (non-hydrogen) atoms. The van der Waals surface area contributed by atoms with E-state index in [9.17, 15) is 37.5 Å². The van der Waals surface area contributed by atoms with Gasteiger partial charge >= 0.3 is 12.3 Å². The molecular formula is C28H32F3NO6. The highest BCUT2D eigenvalue weighted by Crippen LogP contribution is 2.24. The molecule has 0 spiro atoms. The van der Waals surface area contributed by atoms with Crippen molar-refractivity contribution in [3.05, 3.63) is 65.7 Å². The van der Waals surface area contributed by atoms with Crippen LogP contribution in [0.5, 0.6) is 5.75 Å². The molecule has 0 bridgehead atoms. The summed E-state index contributed by atoms with van der Waals surface area (Å²) in [5, 5.41) is 11.9. The number of carboxylic acids is 1. The number of hydrogen-bond donors (Lipinski definition) is 2. The first kappa shape index (κ1) is 30.5. The quantitative estimate of drug-likeness (QED) is 0.361. The fourth-order valence-corrected chi connectivity index (χ4v) is 3.89. The summed E-state index contributed by atoms with van der Waals surface area (Å²) in [5.41, 5.74) is 1.25. The lowest BCUT2D eigenvalue weighted by Gasteiger charge is -2.24. The summed E-state index contributed by atoms with van der Waals surface area (Å²) in [4.78, 5) is 50.2. The van der Waals surface area contributed by atoms with Crippen LogP contribution in [-0.4, -0.2) is 41.0 Å². The van der Waals surface area contributed by atoms with Crippen molar-refractivity contribution in [2.45, 2.75) is 58.9 Å². The third kappa shape index (κ3) is 10.4. The number of ether oxygens (including phenoxy) is 1. The van der Waals surface area contributed by atoms with Crippen LogP contribution in [-0.2, 0) is 32.0 Å². The fraction of sp³-hybridized carbons (Fsp3) is 0.429. The van der Waals surface area contributed by atoms with Crippen LogP contribution >= 0.6 is 0 Å². The molecule has 0 radical (unpaired) electrons. The average Bonchev–Trinajstić information content (AvgIpc) is 2.82. The molecule has 2 N–H and O–H groups in total. The van der Waals surface area contributed by atoms with E-state index in [4.69, 9.17) is 0 Å². The van der Waals surface area contributed by atoms with Crippen molar-refractivity contribution in [3.63, 3.8) is 0 Å². The zero-order valence-corrected chi connectivity index (χ0v) is 21.5. The van der Waals surface area contributed by atoms with Crippen LogP contribution in [0, 0.1) is 17.8 Å². The molecule has 0 saturated heterocycles. The van der Waals surface area contributed by atoms with Crippen molar-refractivity contribution in [3.8, 4) is 5.75 Å². The van der Waals surface area contributed by atoms with Crippen LogP contribution < -0.4 is 10.1 Å². The van der Waals surface area contributed by atoms with E-state index < -0.39 is 47.6 Å². The molecule has 10 heteroatoms. The minimum absolute atomic E-state index is 0.0920. The number of halogens is 3. The number of carboxylic acid groups (broad SMARTS) is 1. The monoisotopic (exact) mass is 535 g/mol. The lowest BCUT2D eigenvalue weighted by atomic mass is 9.87. The number of Topliss-reactive ketones (excluding diaryl/α,β-unsaturated/α-hetero) is 2. The van der Waals surface area contributed by atoms with E-state index in [1.807, 2.05) is 6.07 Å². The van der Waals surface area contributed by atoms with Gasteiger partial charge in [0.15, 0.2) is 5.78 Å². The maximum absolute atomic E-state index is 13.2. The maximum atomic E-state index is 13.2. The summed E-state index contributed by atoms with van der Waals surface area (Å²) in [6, 6.07) is 12.9. The summed E-state index contributed by atoms with van der Waals surface area (Å²) in [6.07, 6.45) is -5.14. The maximum Gasteiger partial charge on any atom is 0.573 e. The summed E-state index contributed by atoms with van der Waals surface area (Å²) in [7, 11) is 0. The van der Waals surface area contributed by atoms with Gasteiger partial charge in [-0.25, -0.2) is 0 Å². The third-order valence-electron chi connectivity index (χ3n) is 6.06. The summed E-state index contributed by atoms with van der Waals surface area (Å²) < 4.78 is 40.9. The van der Waals surface area contributed by atoms with Gasteiger partial charge in [0.05, 0.1) is 12.0 Å². The number of carbonyl (C=O) groups is 4. The zero-order chi connectivity index (χ0) is 28.5. The number of aliphatic carboxylic acids is 1. The number of hydrogen-bond acceptors (Lipinski definition) is 5. The van der Waals surface area contributed by atoms with E-state index in [0.717, 1.165) is 17.7 Å². The number of alkyl halides is 3. The van der Waals surface area contributed by atoms with E-state index in [1.54, 1.807) is 38.1 Å². The van der Waals surface area contributed by atoms with Gasteiger partial charge in [-0.2, -0.15) is 0 Å². The SMILES string of the molecule is CC(C)[C@H](CC(=O)Cc1ccc(OC(F)(F)F)cc1)C(=O)N[C@@H](Cc1ccccc1)C(=O)C[C@@H](C)C(=O)O. The Bertz CT molecular complexity index is 1100. The van der Waals surface area contributed by atoms with Crippen LogP contribution in [0.2, 0.25) is 0 Å². The molecule has 2 aromatic carbocycles. The van der Waals surface area contributed by atoms with E-state index in [0.29, 0.717) is 5.56 Å². The molecule has 0 aliphatic heterocycles. The number of nitrogens with one attached hydrogen (secondary N) is 1. The number of amides is 1. The Hall–Kier alpha value is -3.69. The number of benzene rings is 2. The highest BCUT2D eigenvalue weighted by atomic mass is 19.4. The number of carbonyl (C=O) groups excluding carboxylic acids is 3. The molecule has 0 aromatic heterocycles. The largest absolute Gasteiger partial charge is 0.573 e. The lowest BCUT2D eigenvalue weighted by Crippen LogP contribution is -2.47. The topological polar surface area (TPSA) is 110 Å². The fourth-order valence-electron chi connectivity index (χ4n) is 3.89. The Morgan fingerprint density at radius 1 is 0.895 bits per heavy atom. The molecule has 0 saturated carbocycles. The van der Waals surface area contributed by atoms with Crippen molar-refractivity contribution < 1.29 is 42.2 Å². The van der Waals surface area contributed by atoms with E-state index >= 15 is 0 Å². The Morgan fingerprint density at radius 2 is 1.50 bits per heavy atom. The second kappa shape index (κ2) is 13.7. The van der Waals surface area contributed by atoms with E-state index in [-0.39, 0.29) is 37.4 Å². The van der Waals surface area contributed by atoms with Gasteiger partial charge in [-0.15, -0.1) is 13.2 Å². The normalized spacial score (nSPS) is 13.9. The second-order valence-electron chi connectivity index (χ2n) is 9.62. The first-order valence-electron chi connectivity index (χ1n) is 12.2.